The number of nitrogens with one attached hydrogen (secondary N) is 5. The largest absolute Gasteiger partial charge is 0.445 e. The summed E-state index contributed by atoms with van der Waals surface area (Å²) in [5.74, 6) is -0.619. The summed E-state index contributed by atoms with van der Waals surface area (Å²) in [5.41, 5.74) is 1.97. The summed E-state index contributed by atoms with van der Waals surface area (Å²) in [6, 6.07) is 11.4. The first-order chi connectivity index (χ1) is 24.9. The van der Waals surface area contributed by atoms with Gasteiger partial charge in [-0.25, -0.2) is 4.79 Å². The van der Waals surface area contributed by atoms with Crippen LogP contribution in [-0.2, 0) is 38.5 Å². The highest BCUT2D eigenvalue weighted by molar-refractivity contribution is 7.80. The van der Waals surface area contributed by atoms with Crippen LogP contribution in [0.5, 0.6) is 0 Å². The van der Waals surface area contributed by atoms with Gasteiger partial charge in [0.2, 0.25) is 11.8 Å². The Labute approximate surface area is 321 Å². The number of aromatic nitrogens is 1. The molecule has 3 aromatic rings. The second-order valence-corrected chi connectivity index (χ2v) is 15.6. The van der Waals surface area contributed by atoms with Crippen molar-refractivity contribution < 1.29 is 23.9 Å². The minimum absolute atomic E-state index is 0.0187. The number of rotatable bonds is 14. The van der Waals surface area contributed by atoms with E-state index in [9.17, 15) is 14.4 Å². The third-order valence-electron chi connectivity index (χ3n) is 10.8. The number of alkyl carbamates (subject to hydrolysis) is 1. The molecule has 2 unspecified atom stereocenters. The average molecular weight is 773 g/mol. The predicted molar refractivity (Wildman–Crippen MR) is 210 cm³/mol. The van der Waals surface area contributed by atoms with E-state index >= 15 is 0 Å². The van der Waals surface area contributed by atoms with Crippen LogP contribution in [0.25, 0.3) is 10.9 Å². The molecule has 5 rings (SSSR count). The monoisotopic (exact) mass is 771 g/mol. The maximum atomic E-state index is 14.8. The van der Waals surface area contributed by atoms with Crippen molar-refractivity contribution in [2.75, 3.05) is 19.8 Å². The topological polar surface area (TPSA) is 134 Å². The molecule has 1 saturated heterocycles. The number of fused-ring (bicyclic) bond motifs is 3. The summed E-state index contributed by atoms with van der Waals surface area (Å²) in [6.07, 6.45) is 3.52. The first-order valence-corrected chi connectivity index (χ1v) is 19.5. The molecule has 13 heteroatoms. The molecule has 2 heterocycles. The summed E-state index contributed by atoms with van der Waals surface area (Å²) in [4.78, 5) is 46.3. The molecule has 2 aliphatic rings. The summed E-state index contributed by atoms with van der Waals surface area (Å²) in [6.45, 7) is 10.2. The Bertz CT molecular complexity index is 1730. The summed E-state index contributed by atoms with van der Waals surface area (Å²) >= 11 is 19.0. The molecule has 5 atom stereocenters. The molecule has 0 saturated carbocycles. The minimum Gasteiger partial charge on any atom is -0.445 e. The van der Waals surface area contributed by atoms with E-state index in [1.165, 1.54) is 0 Å². The molecule has 3 amide bonds. The number of H-pyrrole nitrogens is 1. The Morgan fingerprint density at radius 2 is 1.71 bits per heavy atom. The Balaban J connectivity index is 1.43. The molecule has 10 nitrogen and oxygen atoms in total. The molecule has 1 aliphatic heterocycles. The zero-order valence-corrected chi connectivity index (χ0v) is 32.7. The molecular weight excluding hydrogens is 721 g/mol. The summed E-state index contributed by atoms with van der Waals surface area (Å²) < 4.78 is 11.0. The lowest BCUT2D eigenvalue weighted by Crippen LogP contribution is -2.67. The highest BCUT2D eigenvalue weighted by Gasteiger charge is 2.46. The minimum atomic E-state index is -1.38. The molecule has 0 spiro atoms. The number of hydrogen-bond donors (Lipinski definition) is 5. The average Bonchev–Trinajstić information content (AvgIpc) is 3.51. The number of carbonyl (C=O) groups excluding carboxylic acids is 3. The van der Waals surface area contributed by atoms with Crippen molar-refractivity contribution in [1.29, 1.82) is 0 Å². The van der Waals surface area contributed by atoms with Crippen molar-refractivity contribution in [3.63, 3.8) is 0 Å². The Hall–Kier alpha value is -3.38. The molecule has 282 valence electrons. The maximum Gasteiger partial charge on any atom is 0.408 e. The molecular formula is C39H51Cl2N5O5S. The third-order valence-corrected chi connectivity index (χ3v) is 11.7. The molecule has 0 bridgehead atoms. The summed E-state index contributed by atoms with van der Waals surface area (Å²) in [5, 5.41) is 14.4. The van der Waals surface area contributed by atoms with E-state index in [2.05, 4.69) is 40.1 Å². The number of thiocarbonyl (C=S) groups is 1. The van der Waals surface area contributed by atoms with E-state index in [0.29, 0.717) is 46.8 Å². The van der Waals surface area contributed by atoms with Crippen LogP contribution in [0.2, 0.25) is 10.0 Å². The third kappa shape index (κ3) is 9.58. The highest BCUT2D eigenvalue weighted by Crippen LogP contribution is 2.38. The van der Waals surface area contributed by atoms with Crippen molar-refractivity contribution in [2.45, 2.75) is 96.9 Å². The van der Waals surface area contributed by atoms with E-state index in [1.54, 1.807) is 6.07 Å². The number of aryl methyl sites for hydroxylation is 1. The zero-order chi connectivity index (χ0) is 37.4. The fourth-order valence-corrected chi connectivity index (χ4v) is 7.94. The molecule has 2 aromatic carbocycles. The fraction of sp³-hybridized carbons (Fsp3) is 0.538. The van der Waals surface area contributed by atoms with Gasteiger partial charge in [0.05, 0.1) is 21.6 Å². The van der Waals surface area contributed by atoms with Crippen LogP contribution < -0.4 is 21.3 Å². The van der Waals surface area contributed by atoms with Crippen LogP contribution in [0.1, 0.15) is 76.6 Å². The number of aromatic amines is 1. The number of benzene rings is 2. The van der Waals surface area contributed by atoms with Crippen molar-refractivity contribution in [3.8, 4) is 0 Å². The van der Waals surface area contributed by atoms with Gasteiger partial charge in [0, 0.05) is 42.3 Å². The van der Waals surface area contributed by atoms with Gasteiger partial charge < -0.3 is 35.7 Å². The number of halogens is 2. The molecule has 1 aromatic heterocycles. The molecule has 1 aliphatic carbocycles. The second kappa shape index (κ2) is 18.1. The maximum absolute atomic E-state index is 14.8. The van der Waals surface area contributed by atoms with Gasteiger partial charge in [-0.3, -0.25) is 9.59 Å². The van der Waals surface area contributed by atoms with Crippen LogP contribution in [0, 0.1) is 17.8 Å². The highest BCUT2D eigenvalue weighted by atomic mass is 35.5. The molecule has 0 radical (unpaired) electrons. The number of amides is 3. The van der Waals surface area contributed by atoms with E-state index in [1.807, 2.05) is 50.2 Å². The molecule has 5 N–H and O–H groups in total. The SMILES string of the molecule is CCC(C)[C@H](NC(=O)OCc1ccccc1)C(=O)N[C@]1(C(=O)N[C@H](C(=S)NCC2CCOCC2)C(C)CC)CCc2[nH]c3c(Cl)cc(Cl)cc3c2C1. The van der Waals surface area contributed by atoms with Crippen LogP contribution in [0.3, 0.4) is 0 Å². The van der Waals surface area contributed by atoms with Crippen molar-refractivity contribution in [3.05, 3.63) is 69.3 Å². The first-order valence-electron chi connectivity index (χ1n) is 18.4. The van der Waals surface area contributed by atoms with Gasteiger partial charge in [0.1, 0.15) is 18.2 Å². The van der Waals surface area contributed by atoms with Gasteiger partial charge in [0.25, 0.3) is 0 Å². The van der Waals surface area contributed by atoms with Gasteiger partial charge in [-0.05, 0) is 66.7 Å². The van der Waals surface area contributed by atoms with Crippen LogP contribution in [0.4, 0.5) is 4.79 Å². The normalized spacial score (nSPS) is 19.8. The second-order valence-electron chi connectivity index (χ2n) is 14.3. The lowest BCUT2D eigenvalue weighted by atomic mass is 9.78. The zero-order valence-electron chi connectivity index (χ0n) is 30.4. The quantitative estimate of drug-likeness (QED) is 0.111. The Kier molecular flexibility index (Phi) is 13.9. The van der Waals surface area contributed by atoms with Crippen LogP contribution >= 0.6 is 35.4 Å². The van der Waals surface area contributed by atoms with Gasteiger partial charge in [0.15, 0.2) is 0 Å². The van der Waals surface area contributed by atoms with Crippen LogP contribution in [-0.4, -0.2) is 65.3 Å². The smallest absolute Gasteiger partial charge is 0.408 e. The lowest BCUT2D eigenvalue weighted by molar-refractivity contribution is -0.136. The first kappa shape index (κ1) is 39.8. The van der Waals surface area contributed by atoms with Gasteiger partial charge in [-0.2, -0.15) is 0 Å². The number of carbonyl (C=O) groups is 3. The van der Waals surface area contributed by atoms with E-state index in [-0.39, 0.29) is 30.8 Å². The van der Waals surface area contributed by atoms with Crippen molar-refractivity contribution in [1.82, 2.24) is 26.3 Å². The molecule has 52 heavy (non-hydrogen) atoms. The van der Waals surface area contributed by atoms with E-state index in [0.717, 1.165) is 60.2 Å². The van der Waals surface area contributed by atoms with Crippen molar-refractivity contribution >= 4 is 69.2 Å². The van der Waals surface area contributed by atoms with Gasteiger partial charge in [-0.15, -0.1) is 0 Å². The van der Waals surface area contributed by atoms with E-state index < -0.39 is 29.6 Å². The lowest BCUT2D eigenvalue weighted by Gasteiger charge is -2.40. The number of ether oxygens (including phenoxy) is 2. The number of hydrogen-bond acceptors (Lipinski definition) is 6. The Morgan fingerprint density at radius 3 is 2.40 bits per heavy atom. The van der Waals surface area contributed by atoms with Gasteiger partial charge >= 0.3 is 6.09 Å². The summed E-state index contributed by atoms with van der Waals surface area (Å²) in [7, 11) is 0. The van der Waals surface area contributed by atoms with Crippen LogP contribution in [0.15, 0.2) is 42.5 Å². The van der Waals surface area contributed by atoms with E-state index in [4.69, 9.17) is 44.9 Å². The Morgan fingerprint density at radius 1 is 1.02 bits per heavy atom. The standard InChI is InChI=1S/C39H51Cl2N5O5S/c1-5-23(3)32(45-38(49)51-22-26-10-8-7-9-11-26)35(47)46-39(15-12-31-29(20-39)28-18-27(40)19-30(41)34(28)43-31)37(48)44-33(24(4)6-2)36(52)42-21-25-13-16-50-17-14-25/h7-11,18-19,23-25,32-33,43H,5-6,12-17,20-22H2,1-4H3,(H,42,52)(H,44,48)(H,45,49)(H,46,47)/t23?,24?,32-,33-,39+/m0/s1. The van der Waals surface area contributed by atoms with Gasteiger partial charge in [-0.1, -0.05) is 106 Å². The fourth-order valence-electron chi connectivity index (χ4n) is 7.02. The molecule has 1 fully saturated rings. The predicted octanol–water partition coefficient (Wildman–Crippen LogP) is 7.03. The van der Waals surface area contributed by atoms with Crippen molar-refractivity contribution in [2.24, 2.45) is 17.8 Å².